The lowest BCUT2D eigenvalue weighted by atomic mass is 10.3. The Morgan fingerprint density at radius 3 is 2.67 bits per heavy atom. The Kier molecular flexibility index (Phi) is 4.65. The molecule has 0 aliphatic rings. The van der Waals surface area contributed by atoms with E-state index in [0.29, 0.717) is 30.1 Å². The van der Waals surface area contributed by atoms with Crippen LogP contribution in [0.15, 0.2) is 38.0 Å². The standard InChI is InChI=1S/C14H18N6O/c1-4-6-20(7-5-2)11(21)8-19(3)14-12-13(16-9-15-12)17-10-18-14/h4-5,9-10H,1-2,6-8H2,3H3,(H,15,16,17,18). The highest BCUT2D eigenvalue weighted by Gasteiger charge is 2.17. The molecule has 1 N–H and O–H groups in total. The number of rotatable bonds is 7. The largest absolute Gasteiger partial charge is 0.348 e. The predicted octanol–water partition coefficient (Wildman–Crippen LogP) is 0.990. The van der Waals surface area contributed by atoms with E-state index in [1.807, 2.05) is 0 Å². The molecule has 0 saturated heterocycles. The van der Waals surface area contributed by atoms with Crippen molar-refractivity contribution >= 4 is 22.9 Å². The van der Waals surface area contributed by atoms with Crippen LogP contribution in [0.4, 0.5) is 5.82 Å². The molecule has 2 aromatic heterocycles. The van der Waals surface area contributed by atoms with E-state index >= 15 is 0 Å². The average Bonchev–Trinajstić information content (AvgIpc) is 2.95. The van der Waals surface area contributed by atoms with Crippen molar-refractivity contribution in [1.82, 2.24) is 24.8 Å². The number of amides is 1. The Hall–Kier alpha value is -2.70. The number of H-pyrrole nitrogens is 1. The molecule has 7 nitrogen and oxygen atoms in total. The third kappa shape index (κ3) is 3.25. The van der Waals surface area contributed by atoms with E-state index in [1.165, 1.54) is 6.33 Å². The van der Waals surface area contributed by atoms with Gasteiger partial charge in [-0.05, 0) is 0 Å². The molecule has 0 radical (unpaired) electrons. The Morgan fingerprint density at radius 1 is 1.29 bits per heavy atom. The number of aromatic nitrogens is 4. The fraction of sp³-hybridized carbons (Fsp3) is 0.286. The molecular formula is C14H18N6O. The first kappa shape index (κ1) is 14.7. The minimum atomic E-state index is -0.0245. The van der Waals surface area contributed by atoms with E-state index in [1.54, 1.807) is 35.3 Å². The summed E-state index contributed by atoms with van der Waals surface area (Å²) in [5, 5.41) is 0. The van der Waals surface area contributed by atoms with E-state index in [2.05, 4.69) is 33.1 Å². The van der Waals surface area contributed by atoms with Crippen LogP contribution < -0.4 is 4.90 Å². The highest BCUT2D eigenvalue weighted by atomic mass is 16.2. The van der Waals surface area contributed by atoms with Gasteiger partial charge in [-0.1, -0.05) is 12.2 Å². The summed E-state index contributed by atoms with van der Waals surface area (Å²) in [6, 6.07) is 0. The van der Waals surface area contributed by atoms with Crippen molar-refractivity contribution in [2.45, 2.75) is 0 Å². The van der Waals surface area contributed by atoms with Gasteiger partial charge in [0.1, 0.15) is 11.8 Å². The minimum Gasteiger partial charge on any atom is -0.348 e. The van der Waals surface area contributed by atoms with Crippen LogP contribution in [0, 0.1) is 0 Å². The third-order valence-corrected chi connectivity index (χ3v) is 2.99. The predicted molar refractivity (Wildman–Crippen MR) is 81.9 cm³/mol. The third-order valence-electron chi connectivity index (χ3n) is 2.99. The van der Waals surface area contributed by atoms with Gasteiger partial charge in [-0.2, -0.15) is 0 Å². The smallest absolute Gasteiger partial charge is 0.242 e. The monoisotopic (exact) mass is 286 g/mol. The number of nitrogens with zero attached hydrogens (tertiary/aromatic N) is 5. The van der Waals surface area contributed by atoms with Gasteiger partial charge in [0.25, 0.3) is 0 Å². The number of nitrogens with one attached hydrogen (secondary N) is 1. The first-order valence-electron chi connectivity index (χ1n) is 6.52. The molecule has 21 heavy (non-hydrogen) atoms. The van der Waals surface area contributed by atoms with E-state index in [4.69, 9.17) is 0 Å². The zero-order valence-electron chi connectivity index (χ0n) is 12.0. The Morgan fingerprint density at radius 2 is 2.00 bits per heavy atom. The fourth-order valence-electron chi connectivity index (χ4n) is 2.01. The van der Waals surface area contributed by atoms with Crippen molar-refractivity contribution in [3.63, 3.8) is 0 Å². The van der Waals surface area contributed by atoms with Gasteiger partial charge in [-0.15, -0.1) is 13.2 Å². The van der Waals surface area contributed by atoms with E-state index in [0.717, 1.165) is 0 Å². The second kappa shape index (κ2) is 6.65. The summed E-state index contributed by atoms with van der Waals surface area (Å²) in [6.45, 7) is 8.50. The Labute approximate surface area is 123 Å². The molecule has 1 amide bonds. The van der Waals surface area contributed by atoms with Crippen molar-refractivity contribution in [2.75, 3.05) is 31.6 Å². The van der Waals surface area contributed by atoms with Gasteiger partial charge >= 0.3 is 0 Å². The molecule has 0 bridgehead atoms. The first-order valence-corrected chi connectivity index (χ1v) is 6.52. The van der Waals surface area contributed by atoms with Crippen molar-refractivity contribution in [3.8, 4) is 0 Å². The number of fused-ring (bicyclic) bond motifs is 1. The summed E-state index contributed by atoms with van der Waals surface area (Å²) >= 11 is 0. The fourth-order valence-corrected chi connectivity index (χ4v) is 2.01. The molecule has 0 aromatic carbocycles. The lowest BCUT2D eigenvalue weighted by molar-refractivity contribution is -0.128. The van der Waals surface area contributed by atoms with Gasteiger partial charge in [0.15, 0.2) is 11.5 Å². The molecular weight excluding hydrogens is 268 g/mol. The SMILES string of the molecule is C=CCN(CC=C)C(=O)CN(C)c1ncnc2nc[nH]c12. The van der Waals surface area contributed by atoms with Crippen LogP contribution in [0.3, 0.4) is 0 Å². The highest BCUT2D eigenvalue weighted by Crippen LogP contribution is 2.18. The maximum absolute atomic E-state index is 12.3. The number of carbonyl (C=O) groups excluding carboxylic acids is 1. The first-order chi connectivity index (χ1) is 10.2. The lowest BCUT2D eigenvalue weighted by Crippen LogP contribution is -2.39. The van der Waals surface area contributed by atoms with Crippen LogP contribution in [0.25, 0.3) is 11.2 Å². The number of hydrogen-bond donors (Lipinski definition) is 1. The quantitative estimate of drug-likeness (QED) is 0.768. The molecule has 0 saturated carbocycles. The van der Waals surface area contributed by atoms with Gasteiger partial charge in [-0.25, -0.2) is 15.0 Å². The molecule has 0 aliphatic heterocycles. The van der Waals surface area contributed by atoms with Gasteiger partial charge in [0, 0.05) is 20.1 Å². The zero-order chi connectivity index (χ0) is 15.2. The molecule has 7 heteroatoms. The zero-order valence-corrected chi connectivity index (χ0v) is 12.0. The van der Waals surface area contributed by atoms with Crippen molar-refractivity contribution in [1.29, 1.82) is 0 Å². The van der Waals surface area contributed by atoms with Crippen molar-refractivity contribution in [3.05, 3.63) is 38.0 Å². The number of anilines is 1. The molecule has 110 valence electrons. The van der Waals surface area contributed by atoms with Crippen molar-refractivity contribution in [2.24, 2.45) is 0 Å². The average molecular weight is 286 g/mol. The molecule has 2 heterocycles. The highest BCUT2D eigenvalue weighted by molar-refractivity contribution is 5.87. The van der Waals surface area contributed by atoms with Gasteiger partial charge < -0.3 is 14.8 Å². The number of hydrogen-bond acceptors (Lipinski definition) is 5. The summed E-state index contributed by atoms with van der Waals surface area (Å²) < 4.78 is 0. The normalized spacial score (nSPS) is 10.3. The molecule has 0 fully saturated rings. The molecule has 0 spiro atoms. The summed E-state index contributed by atoms with van der Waals surface area (Å²) in [4.78, 5) is 31.1. The second-order valence-electron chi connectivity index (χ2n) is 4.53. The van der Waals surface area contributed by atoms with Crippen molar-refractivity contribution < 1.29 is 4.79 Å². The van der Waals surface area contributed by atoms with E-state index < -0.39 is 0 Å². The number of carbonyl (C=O) groups is 1. The van der Waals surface area contributed by atoms with E-state index in [9.17, 15) is 4.79 Å². The lowest BCUT2D eigenvalue weighted by Gasteiger charge is -2.24. The van der Waals surface area contributed by atoms with Crippen LogP contribution in [0.1, 0.15) is 0 Å². The molecule has 2 rings (SSSR count). The topological polar surface area (TPSA) is 78.0 Å². The second-order valence-corrected chi connectivity index (χ2v) is 4.53. The summed E-state index contributed by atoms with van der Waals surface area (Å²) in [7, 11) is 1.81. The van der Waals surface area contributed by atoms with Crippen LogP contribution in [-0.2, 0) is 4.79 Å². The van der Waals surface area contributed by atoms with Gasteiger partial charge in [0.05, 0.1) is 12.9 Å². The van der Waals surface area contributed by atoms with Crippen LogP contribution in [-0.4, -0.2) is 57.4 Å². The van der Waals surface area contributed by atoms with Crippen LogP contribution >= 0.6 is 0 Å². The Bertz CT molecular complexity index is 640. The number of likely N-dealkylation sites (N-methyl/N-ethyl adjacent to an activating group) is 1. The summed E-state index contributed by atoms with van der Waals surface area (Å²) in [5.74, 6) is 0.617. The molecule has 0 aliphatic carbocycles. The van der Waals surface area contributed by atoms with Crippen LogP contribution in [0.2, 0.25) is 0 Å². The van der Waals surface area contributed by atoms with Gasteiger partial charge in [-0.3, -0.25) is 4.79 Å². The molecule has 2 aromatic rings. The number of aromatic amines is 1. The maximum atomic E-state index is 12.3. The van der Waals surface area contributed by atoms with Crippen LogP contribution in [0.5, 0.6) is 0 Å². The minimum absolute atomic E-state index is 0.0245. The Balaban J connectivity index is 2.14. The van der Waals surface area contributed by atoms with Gasteiger partial charge in [0.2, 0.25) is 5.91 Å². The van der Waals surface area contributed by atoms with E-state index in [-0.39, 0.29) is 12.5 Å². The molecule has 0 unspecified atom stereocenters. The maximum Gasteiger partial charge on any atom is 0.242 e. The molecule has 0 atom stereocenters. The number of imidazole rings is 1. The summed E-state index contributed by atoms with van der Waals surface area (Å²) in [5.41, 5.74) is 1.29. The summed E-state index contributed by atoms with van der Waals surface area (Å²) in [6.07, 6.45) is 6.38.